The molecule has 0 fully saturated rings. The number of hydrogen-bond acceptors (Lipinski definition) is 5. The van der Waals surface area contributed by atoms with Crippen LogP contribution in [0, 0.1) is 10.1 Å². The number of rotatable bonds is 5. The molecule has 1 rings (SSSR count). The van der Waals surface area contributed by atoms with Crippen LogP contribution in [0.25, 0.3) is 0 Å². The van der Waals surface area contributed by atoms with Gasteiger partial charge in [0.05, 0.1) is 24.2 Å². The summed E-state index contributed by atoms with van der Waals surface area (Å²) in [5.41, 5.74) is -0.222. The molecule has 1 aromatic rings. The summed E-state index contributed by atoms with van der Waals surface area (Å²) in [5.74, 6) is -0.853. The molecule has 0 heterocycles. The highest BCUT2D eigenvalue weighted by Crippen LogP contribution is 2.27. The predicted octanol–water partition coefficient (Wildman–Crippen LogP) is 1.07. The standard InChI is InChI=1S/C9H9NO6/c1-15-7-2-6(10(13)14)3-8(4-7)16-5-9(11)12/h2-4H,5H2,1H3,(H,11,12). The van der Waals surface area contributed by atoms with Crippen molar-refractivity contribution in [3.05, 3.63) is 28.3 Å². The van der Waals surface area contributed by atoms with Gasteiger partial charge in [-0.3, -0.25) is 10.1 Å². The van der Waals surface area contributed by atoms with Gasteiger partial charge in [-0.2, -0.15) is 0 Å². The lowest BCUT2D eigenvalue weighted by Gasteiger charge is -2.05. The average Bonchev–Trinajstić information content (AvgIpc) is 2.25. The molecule has 1 aromatic carbocycles. The molecule has 16 heavy (non-hydrogen) atoms. The Balaban J connectivity index is 2.95. The molecule has 0 aliphatic rings. The molecule has 0 atom stereocenters. The Kier molecular flexibility index (Phi) is 3.65. The first-order chi connectivity index (χ1) is 7.52. The molecule has 86 valence electrons. The molecule has 0 saturated heterocycles. The second-order valence-electron chi connectivity index (χ2n) is 2.81. The van der Waals surface area contributed by atoms with Crippen molar-refractivity contribution in [3.63, 3.8) is 0 Å². The van der Waals surface area contributed by atoms with Gasteiger partial charge < -0.3 is 14.6 Å². The van der Waals surface area contributed by atoms with Crippen LogP contribution in [-0.2, 0) is 4.79 Å². The van der Waals surface area contributed by atoms with Gasteiger partial charge in [-0.25, -0.2) is 4.79 Å². The fraction of sp³-hybridized carbons (Fsp3) is 0.222. The van der Waals surface area contributed by atoms with E-state index in [1.165, 1.54) is 19.2 Å². The number of ether oxygens (including phenoxy) is 2. The first kappa shape index (κ1) is 11.8. The third kappa shape index (κ3) is 3.12. The first-order valence-corrected chi connectivity index (χ1v) is 4.21. The van der Waals surface area contributed by atoms with Crippen LogP contribution < -0.4 is 9.47 Å². The Morgan fingerprint density at radius 3 is 2.56 bits per heavy atom. The highest BCUT2D eigenvalue weighted by molar-refractivity contribution is 5.68. The molecule has 0 unspecified atom stereocenters. The number of hydrogen-bond donors (Lipinski definition) is 1. The monoisotopic (exact) mass is 227 g/mol. The van der Waals surface area contributed by atoms with Gasteiger partial charge in [-0.05, 0) is 0 Å². The minimum Gasteiger partial charge on any atom is -0.496 e. The largest absolute Gasteiger partial charge is 0.496 e. The van der Waals surface area contributed by atoms with Crippen molar-refractivity contribution in [1.82, 2.24) is 0 Å². The average molecular weight is 227 g/mol. The SMILES string of the molecule is COc1cc(OCC(=O)O)cc([N+](=O)[O-])c1. The Hall–Kier alpha value is -2.31. The van der Waals surface area contributed by atoms with E-state index in [4.69, 9.17) is 14.6 Å². The van der Waals surface area contributed by atoms with Gasteiger partial charge in [-0.1, -0.05) is 0 Å². The molecule has 0 saturated carbocycles. The van der Waals surface area contributed by atoms with Crippen LogP contribution in [0.4, 0.5) is 5.69 Å². The van der Waals surface area contributed by atoms with Crippen molar-refractivity contribution in [1.29, 1.82) is 0 Å². The van der Waals surface area contributed by atoms with E-state index >= 15 is 0 Å². The van der Waals surface area contributed by atoms with Gasteiger partial charge in [0.25, 0.3) is 5.69 Å². The van der Waals surface area contributed by atoms with E-state index in [1.54, 1.807) is 0 Å². The lowest BCUT2D eigenvalue weighted by atomic mass is 10.3. The van der Waals surface area contributed by atoms with E-state index in [1.807, 2.05) is 0 Å². The Morgan fingerprint density at radius 2 is 2.06 bits per heavy atom. The summed E-state index contributed by atoms with van der Waals surface area (Å²) in [6.45, 7) is -0.565. The summed E-state index contributed by atoms with van der Waals surface area (Å²) in [7, 11) is 1.35. The first-order valence-electron chi connectivity index (χ1n) is 4.21. The van der Waals surface area contributed by atoms with E-state index in [-0.39, 0.29) is 17.2 Å². The van der Waals surface area contributed by atoms with Gasteiger partial charge in [-0.15, -0.1) is 0 Å². The fourth-order valence-electron chi connectivity index (χ4n) is 1.01. The van der Waals surface area contributed by atoms with Crippen molar-refractivity contribution in [3.8, 4) is 11.5 Å². The van der Waals surface area contributed by atoms with Crippen LogP contribution in [0.15, 0.2) is 18.2 Å². The number of aliphatic carboxylic acids is 1. The number of nitro groups is 1. The molecular weight excluding hydrogens is 218 g/mol. The third-order valence-electron chi connectivity index (χ3n) is 1.67. The number of carboxylic acids is 1. The second-order valence-corrected chi connectivity index (χ2v) is 2.81. The van der Waals surface area contributed by atoms with E-state index in [0.29, 0.717) is 0 Å². The van der Waals surface area contributed by atoms with Crippen molar-refractivity contribution < 1.29 is 24.3 Å². The molecule has 0 amide bonds. The van der Waals surface area contributed by atoms with Gasteiger partial charge >= 0.3 is 5.97 Å². The summed E-state index contributed by atoms with van der Waals surface area (Å²) in [4.78, 5) is 20.2. The predicted molar refractivity (Wildman–Crippen MR) is 52.8 cm³/mol. The highest BCUT2D eigenvalue weighted by Gasteiger charge is 2.11. The summed E-state index contributed by atoms with van der Waals surface area (Å²) < 4.78 is 9.64. The van der Waals surface area contributed by atoms with Crippen LogP contribution in [0.5, 0.6) is 11.5 Å². The minimum absolute atomic E-state index is 0.0773. The number of carbonyl (C=O) groups is 1. The van der Waals surface area contributed by atoms with Crippen molar-refractivity contribution >= 4 is 11.7 Å². The highest BCUT2D eigenvalue weighted by atomic mass is 16.6. The summed E-state index contributed by atoms with van der Waals surface area (Å²) >= 11 is 0. The van der Waals surface area contributed by atoms with Gasteiger partial charge in [0.1, 0.15) is 11.5 Å². The lowest BCUT2D eigenvalue weighted by Crippen LogP contribution is -2.09. The lowest BCUT2D eigenvalue weighted by molar-refractivity contribution is -0.385. The molecule has 0 radical (unpaired) electrons. The minimum atomic E-state index is -1.16. The number of non-ortho nitro benzene ring substituents is 1. The van der Waals surface area contributed by atoms with Crippen molar-refractivity contribution in [2.45, 2.75) is 0 Å². The number of methoxy groups -OCH3 is 1. The molecule has 0 bridgehead atoms. The molecular formula is C9H9NO6. The van der Waals surface area contributed by atoms with Gasteiger partial charge in [0.15, 0.2) is 6.61 Å². The number of benzene rings is 1. The zero-order valence-corrected chi connectivity index (χ0v) is 8.37. The topological polar surface area (TPSA) is 98.9 Å². The van der Waals surface area contributed by atoms with Gasteiger partial charge in [0.2, 0.25) is 0 Å². The molecule has 7 heteroatoms. The van der Waals surface area contributed by atoms with Crippen LogP contribution in [0.3, 0.4) is 0 Å². The zero-order chi connectivity index (χ0) is 12.1. The second kappa shape index (κ2) is 4.96. The molecule has 1 N–H and O–H groups in total. The zero-order valence-electron chi connectivity index (χ0n) is 8.37. The maximum absolute atomic E-state index is 10.5. The normalized spacial score (nSPS) is 9.56. The summed E-state index contributed by atoms with van der Waals surface area (Å²) in [5, 5.41) is 18.9. The Labute approximate surface area is 90.4 Å². The maximum atomic E-state index is 10.5. The molecule has 0 aliphatic carbocycles. The molecule has 0 aliphatic heterocycles. The van der Waals surface area contributed by atoms with E-state index in [2.05, 4.69) is 0 Å². The molecule has 0 spiro atoms. The van der Waals surface area contributed by atoms with E-state index < -0.39 is 17.5 Å². The Bertz CT molecular complexity index is 416. The fourth-order valence-corrected chi connectivity index (χ4v) is 1.01. The van der Waals surface area contributed by atoms with Crippen LogP contribution in [-0.4, -0.2) is 29.7 Å². The molecule has 7 nitrogen and oxygen atoms in total. The van der Waals surface area contributed by atoms with Crippen LogP contribution >= 0.6 is 0 Å². The number of nitrogens with zero attached hydrogens (tertiary/aromatic N) is 1. The summed E-state index contributed by atoms with van der Waals surface area (Å²) in [6, 6.07) is 3.72. The van der Waals surface area contributed by atoms with Crippen LogP contribution in [0.2, 0.25) is 0 Å². The number of nitro benzene ring substituents is 1. The molecule has 0 aromatic heterocycles. The van der Waals surface area contributed by atoms with E-state index in [0.717, 1.165) is 6.07 Å². The number of carboxylic acid groups (broad SMARTS) is 1. The van der Waals surface area contributed by atoms with Gasteiger partial charge in [0, 0.05) is 6.07 Å². The Morgan fingerprint density at radius 1 is 1.44 bits per heavy atom. The van der Waals surface area contributed by atoms with Crippen molar-refractivity contribution in [2.75, 3.05) is 13.7 Å². The smallest absolute Gasteiger partial charge is 0.341 e. The summed E-state index contributed by atoms with van der Waals surface area (Å²) in [6.07, 6.45) is 0. The maximum Gasteiger partial charge on any atom is 0.341 e. The van der Waals surface area contributed by atoms with E-state index in [9.17, 15) is 14.9 Å². The van der Waals surface area contributed by atoms with Crippen LogP contribution in [0.1, 0.15) is 0 Å². The quantitative estimate of drug-likeness (QED) is 0.596. The third-order valence-corrected chi connectivity index (χ3v) is 1.67. The van der Waals surface area contributed by atoms with Crippen molar-refractivity contribution in [2.24, 2.45) is 0 Å².